The molecule has 0 unspecified atom stereocenters. The third kappa shape index (κ3) is 4.15. The van der Waals surface area contributed by atoms with Gasteiger partial charge in [-0.25, -0.2) is 0 Å². The molecule has 2 heterocycles. The zero-order valence-corrected chi connectivity index (χ0v) is 13.5. The second kappa shape index (κ2) is 7.52. The predicted molar refractivity (Wildman–Crippen MR) is 92.6 cm³/mol. The van der Waals surface area contributed by atoms with Crippen LogP contribution >= 0.6 is 11.3 Å². The fraction of sp³-hybridized carbons (Fsp3) is 0.316. The first-order valence-electron chi connectivity index (χ1n) is 7.82. The Morgan fingerprint density at radius 2 is 2.00 bits per heavy atom. The normalized spacial score (nSPS) is 15.5. The number of carbonyl (C=O) groups excluding carboxylic acids is 1. The van der Waals surface area contributed by atoms with E-state index in [1.807, 2.05) is 17.5 Å². The Hall–Kier alpha value is -1.71. The van der Waals surface area contributed by atoms with Crippen molar-refractivity contribution >= 4 is 17.1 Å². The molecule has 3 heteroatoms. The zero-order chi connectivity index (χ0) is 15.2. The predicted octanol–water partition coefficient (Wildman–Crippen LogP) is 4.20. The molecule has 0 radical (unpaired) electrons. The number of carbonyl (C=O) groups is 1. The first kappa shape index (κ1) is 15.2. The lowest BCUT2D eigenvalue weighted by atomic mass is 9.99. The Kier molecular flexibility index (Phi) is 5.20. The highest BCUT2D eigenvalue weighted by molar-refractivity contribution is 7.12. The summed E-state index contributed by atoms with van der Waals surface area (Å²) in [6, 6.07) is 14.5. The van der Waals surface area contributed by atoms with Gasteiger partial charge < -0.3 is 0 Å². The number of hydrogen-bond acceptors (Lipinski definition) is 3. The third-order valence-corrected chi connectivity index (χ3v) is 5.02. The van der Waals surface area contributed by atoms with Crippen LogP contribution < -0.4 is 0 Å². The molecule has 0 saturated heterocycles. The molecule has 2 nitrogen and oxygen atoms in total. The lowest BCUT2D eigenvalue weighted by Crippen LogP contribution is -2.31. The largest absolute Gasteiger partial charge is 0.299 e. The van der Waals surface area contributed by atoms with E-state index in [-0.39, 0.29) is 5.78 Å². The van der Waals surface area contributed by atoms with Crippen molar-refractivity contribution in [3.8, 4) is 0 Å². The van der Waals surface area contributed by atoms with Crippen molar-refractivity contribution in [1.29, 1.82) is 0 Å². The second-order valence-corrected chi connectivity index (χ2v) is 6.67. The van der Waals surface area contributed by atoms with Crippen molar-refractivity contribution in [2.45, 2.75) is 19.3 Å². The molecule has 0 fully saturated rings. The lowest BCUT2D eigenvalue weighted by molar-refractivity contribution is 0.0970. The van der Waals surface area contributed by atoms with Crippen molar-refractivity contribution in [3.63, 3.8) is 0 Å². The van der Waals surface area contributed by atoms with Crippen LogP contribution in [0.3, 0.4) is 0 Å². The summed E-state index contributed by atoms with van der Waals surface area (Å²) in [6.45, 7) is 2.90. The molecule has 1 aliphatic rings. The van der Waals surface area contributed by atoms with Crippen LogP contribution in [0.4, 0.5) is 0 Å². The molecule has 0 spiro atoms. The van der Waals surface area contributed by atoms with Gasteiger partial charge in [0.2, 0.25) is 0 Å². The van der Waals surface area contributed by atoms with Crippen molar-refractivity contribution in [1.82, 2.24) is 4.90 Å². The van der Waals surface area contributed by atoms with Crippen molar-refractivity contribution in [2.24, 2.45) is 0 Å². The van der Waals surface area contributed by atoms with E-state index < -0.39 is 0 Å². The van der Waals surface area contributed by atoms with Crippen LogP contribution in [0, 0.1) is 0 Å². The molecule has 22 heavy (non-hydrogen) atoms. The number of Topliss-reactive ketones (excluding diaryl/α,β-unsaturated/α-hetero) is 1. The van der Waals surface area contributed by atoms with E-state index in [1.165, 1.54) is 22.5 Å². The van der Waals surface area contributed by atoms with Gasteiger partial charge in [-0.1, -0.05) is 48.0 Å². The fourth-order valence-corrected chi connectivity index (χ4v) is 3.49. The SMILES string of the molecule is O=C(CCN1CC=C(Cc2ccccc2)CC1)c1cccs1. The van der Waals surface area contributed by atoms with Gasteiger partial charge in [-0.15, -0.1) is 11.3 Å². The Morgan fingerprint density at radius 1 is 1.14 bits per heavy atom. The first-order chi connectivity index (χ1) is 10.8. The molecule has 114 valence electrons. The van der Waals surface area contributed by atoms with Gasteiger partial charge >= 0.3 is 0 Å². The summed E-state index contributed by atoms with van der Waals surface area (Å²) >= 11 is 1.54. The van der Waals surface area contributed by atoms with Crippen molar-refractivity contribution in [2.75, 3.05) is 19.6 Å². The number of hydrogen-bond donors (Lipinski definition) is 0. The van der Waals surface area contributed by atoms with Gasteiger partial charge in [0.15, 0.2) is 5.78 Å². The van der Waals surface area contributed by atoms with Gasteiger partial charge in [-0.3, -0.25) is 9.69 Å². The molecule has 1 aliphatic heterocycles. The number of rotatable bonds is 6. The Morgan fingerprint density at radius 3 is 2.68 bits per heavy atom. The van der Waals surface area contributed by atoms with Gasteiger partial charge in [-0.05, 0) is 29.9 Å². The van der Waals surface area contributed by atoms with Crippen molar-refractivity contribution < 1.29 is 4.79 Å². The lowest BCUT2D eigenvalue weighted by Gasteiger charge is -2.26. The first-order valence-corrected chi connectivity index (χ1v) is 8.70. The minimum atomic E-state index is 0.272. The molecular formula is C19H21NOS. The van der Waals surface area contributed by atoms with E-state index in [9.17, 15) is 4.79 Å². The van der Waals surface area contributed by atoms with Crippen LogP contribution in [-0.2, 0) is 6.42 Å². The monoisotopic (exact) mass is 311 g/mol. The van der Waals surface area contributed by atoms with E-state index in [0.29, 0.717) is 6.42 Å². The smallest absolute Gasteiger partial charge is 0.174 e. The third-order valence-electron chi connectivity index (χ3n) is 4.11. The number of nitrogens with zero attached hydrogens (tertiary/aromatic N) is 1. The molecule has 3 rings (SSSR count). The average Bonchev–Trinajstić information content (AvgIpc) is 3.09. The Labute approximate surface area is 136 Å². The quantitative estimate of drug-likeness (QED) is 0.589. The maximum atomic E-state index is 12.0. The van der Waals surface area contributed by atoms with Gasteiger partial charge in [0.1, 0.15) is 0 Å². The summed E-state index contributed by atoms with van der Waals surface area (Å²) in [7, 11) is 0. The van der Waals surface area contributed by atoms with E-state index in [4.69, 9.17) is 0 Å². The van der Waals surface area contributed by atoms with Crippen LogP contribution in [0.1, 0.15) is 28.1 Å². The van der Waals surface area contributed by atoms with E-state index >= 15 is 0 Å². The number of thiophene rings is 1. The molecule has 0 aliphatic carbocycles. The maximum absolute atomic E-state index is 12.0. The molecule has 1 aromatic heterocycles. The van der Waals surface area contributed by atoms with Gasteiger partial charge in [-0.2, -0.15) is 0 Å². The Balaban J connectivity index is 1.46. The highest BCUT2D eigenvalue weighted by atomic mass is 32.1. The van der Waals surface area contributed by atoms with E-state index in [2.05, 4.69) is 41.3 Å². The minimum absolute atomic E-state index is 0.272. The van der Waals surface area contributed by atoms with Crippen molar-refractivity contribution in [3.05, 3.63) is 69.9 Å². The average molecular weight is 311 g/mol. The molecular weight excluding hydrogens is 290 g/mol. The fourth-order valence-electron chi connectivity index (χ4n) is 2.80. The number of benzene rings is 1. The standard InChI is InChI=1S/C19H21NOS/c21-18(19-7-4-14-22-19)10-13-20-11-8-17(9-12-20)15-16-5-2-1-3-6-16/h1-8,14H,9-13,15H2. The minimum Gasteiger partial charge on any atom is -0.299 e. The molecule has 0 bridgehead atoms. The molecule has 0 N–H and O–H groups in total. The highest BCUT2D eigenvalue weighted by Gasteiger charge is 2.14. The van der Waals surface area contributed by atoms with Crippen LogP contribution in [-0.4, -0.2) is 30.3 Å². The van der Waals surface area contributed by atoms with Crippen LogP contribution in [0.2, 0.25) is 0 Å². The number of ketones is 1. The highest BCUT2D eigenvalue weighted by Crippen LogP contribution is 2.17. The Bertz CT molecular complexity index is 631. The van der Waals surface area contributed by atoms with Crippen LogP contribution in [0.15, 0.2) is 59.5 Å². The maximum Gasteiger partial charge on any atom is 0.174 e. The van der Waals surface area contributed by atoms with Gasteiger partial charge in [0, 0.05) is 26.1 Å². The van der Waals surface area contributed by atoms with Gasteiger partial charge in [0.25, 0.3) is 0 Å². The molecule has 0 atom stereocenters. The summed E-state index contributed by atoms with van der Waals surface area (Å²) in [5.74, 6) is 0.272. The molecule has 0 amide bonds. The van der Waals surface area contributed by atoms with E-state index in [0.717, 1.165) is 37.4 Å². The second-order valence-electron chi connectivity index (χ2n) is 5.73. The van der Waals surface area contributed by atoms with Gasteiger partial charge in [0.05, 0.1) is 4.88 Å². The summed E-state index contributed by atoms with van der Waals surface area (Å²) in [6.07, 6.45) is 5.14. The zero-order valence-electron chi connectivity index (χ0n) is 12.7. The van der Waals surface area contributed by atoms with Crippen LogP contribution in [0.5, 0.6) is 0 Å². The summed E-state index contributed by atoms with van der Waals surface area (Å²) in [5.41, 5.74) is 2.90. The van der Waals surface area contributed by atoms with Crippen LogP contribution in [0.25, 0.3) is 0 Å². The molecule has 0 saturated carbocycles. The summed E-state index contributed by atoms with van der Waals surface area (Å²) in [5, 5.41) is 1.97. The molecule has 2 aromatic rings. The summed E-state index contributed by atoms with van der Waals surface area (Å²) in [4.78, 5) is 15.3. The molecule has 1 aromatic carbocycles. The summed E-state index contributed by atoms with van der Waals surface area (Å²) < 4.78 is 0. The van der Waals surface area contributed by atoms with E-state index in [1.54, 1.807) is 0 Å². The topological polar surface area (TPSA) is 20.3 Å².